The van der Waals surface area contributed by atoms with E-state index in [-0.39, 0.29) is 29.9 Å². The number of methoxy groups -OCH3 is 2. The smallest absolute Gasteiger partial charge is 0.261 e. The number of hydrogen-bond donors (Lipinski definition) is 2. The van der Waals surface area contributed by atoms with Crippen LogP contribution in [0.15, 0.2) is 33.2 Å². The molecule has 1 aromatic heterocycles. The molecule has 0 amide bonds. The molecular formula is C23H27N3O5. The Morgan fingerprint density at radius 2 is 1.81 bits per heavy atom. The van der Waals surface area contributed by atoms with Crippen LogP contribution in [-0.4, -0.2) is 41.5 Å². The molecule has 2 aromatic rings. The van der Waals surface area contributed by atoms with Gasteiger partial charge in [0.05, 0.1) is 36.8 Å². The molecule has 8 nitrogen and oxygen atoms in total. The van der Waals surface area contributed by atoms with Gasteiger partial charge in [-0.1, -0.05) is 19.4 Å². The number of Topliss-reactive ketones (excluding diaryl/α,β-unsaturated/α-hetero) is 1. The SMILES string of the molecule is CCCCc1[nH]c(=O)c(C2=NN=C(CC(C)=O)C2)c(O)c1-c1c(OC)cccc1OC. The van der Waals surface area contributed by atoms with Crippen LogP contribution in [0.25, 0.3) is 11.1 Å². The second-order valence-electron chi connectivity index (χ2n) is 7.44. The molecule has 31 heavy (non-hydrogen) atoms. The van der Waals surface area contributed by atoms with Crippen molar-refractivity contribution in [2.24, 2.45) is 10.2 Å². The largest absolute Gasteiger partial charge is 0.506 e. The monoisotopic (exact) mass is 425 g/mol. The number of rotatable bonds is 9. The molecule has 0 saturated carbocycles. The Morgan fingerprint density at radius 1 is 1.13 bits per heavy atom. The molecule has 0 bridgehead atoms. The number of aromatic hydroxyl groups is 1. The number of unbranched alkanes of at least 4 members (excludes halogenated alkanes) is 1. The van der Waals surface area contributed by atoms with E-state index in [1.807, 2.05) is 0 Å². The highest BCUT2D eigenvalue weighted by Crippen LogP contribution is 2.45. The third-order valence-corrected chi connectivity index (χ3v) is 5.15. The zero-order chi connectivity index (χ0) is 22.5. The minimum absolute atomic E-state index is 0.0392. The van der Waals surface area contributed by atoms with Gasteiger partial charge >= 0.3 is 0 Å². The standard InChI is InChI=1S/C23H27N3O5/c1-5-6-8-15-19(21-17(30-3)9-7-10-18(21)31-4)22(28)20(23(29)24-15)16-12-14(25-26-16)11-13(2)27/h7,9-10H,5-6,8,11-12H2,1-4H3,(H2,24,28,29). The van der Waals surface area contributed by atoms with Crippen molar-refractivity contribution in [1.82, 2.24) is 4.98 Å². The van der Waals surface area contributed by atoms with Crippen molar-refractivity contribution in [3.63, 3.8) is 0 Å². The summed E-state index contributed by atoms with van der Waals surface area (Å²) in [6.45, 7) is 3.52. The van der Waals surface area contributed by atoms with E-state index in [0.717, 1.165) is 12.8 Å². The maximum Gasteiger partial charge on any atom is 0.261 e. The lowest BCUT2D eigenvalue weighted by molar-refractivity contribution is -0.115. The van der Waals surface area contributed by atoms with Crippen molar-refractivity contribution in [2.45, 2.75) is 46.0 Å². The van der Waals surface area contributed by atoms with Gasteiger partial charge in [0.15, 0.2) is 0 Å². The Bertz CT molecular complexity index is 1090. The Kier molecular flexibility index (Phi) is 6.89. The fourth-order valence-corrected chi connectivity index (χ4v) is 3.73. The van der Waals surface area contributed by atoms with Crippen molar-refractivity contribution in [3.8, 4) is 28.4 Å². The first-order valence-corrected chi connectivity index (χ1v) is 10.2. The summed E-state index contributed by atoms with van der Waals surface area (Å²) < 4.78 is 11.1. The fourth-order valence-electron chi connectivity index (χ4n) is 3.73. The van der Waals surface area contributed by atoms with Crippen LogP contribution in [0.2, 0.25) is 0 Å². The Balaban J connectivity index is 2.21. The summed E-state index contributed by atoms with van der Waals surface area (Å²) in [5, 5.41) is 19.5. The molecule has 2 N–H and O–H groups in total. The van der Waals surface area contributed by atoms with Gasteiger partial charge in [-0.25, -0.2) is 0 Å². The van der Waals surface area contributed by atoms with Gasteiger partial charge in [0, 0.05) is 18.5 Å². The highest BCUT2D eigenvalue weighted by atomic mass is 16.5. The highest BCUT2D eigenvalue weighted by molar-refractivity contribution is 6.19. The molecule has 0 atom stereocenters. The van der Waals surface area contributed by atoms with Crippen LogP contribution in [0.1, 0.15) is 50.8 Å². The van der Waals surface area contributed by atoms with Crippen LogP contribution in [0, 0.1) is 0 Å². The summed E-state index contributed by atoms with van der Waals surface area (Å²) in [6, 6.07) is 5.33. The van der Waals surface area contributed by atoms with Gasteiger partial charge < -0.3 is 19.6 Å². The van der Waals surface area contributed by atoms with Crippen molar-refractivity contribution in [2.75, 3.05) is 14.2 Å². The third-order valence-electron chi connectivity index (χ3n) is 5.15. The predicted molar refractivity (Wildman–Crippen MR) is 120 cm³/mol. The van der Waals surface area contributed by atoms with Gasteiger partial charge in [-0.15, -0.1) is 0 Å². The van der Waals surface area contributed by atoms with E-state index in [1.165, 1.54) is 21.1 Å². The van der Waals surface area contributed by atoms with E-state index in [0.29, 0.717) is 46.2 Å². The maximum atomic E-state index is 13.0. The molecule has 1 aromatic carbocycles. The molecule has 0 aliphatic carbocycles. The maximum absolute atomic E-state index is 13.0. The van der Waals surface area contributed by atoms with Crippen LogP contribution in [0.4, 0.5) is 0 Å². The summed E-state index contributed by atoms with van der Waals surface area (Å²) in [7, 11) is 3.08. The summed E-state index contributed by atoms with van der Waals surface area (Å²) in [6.07, 6.45) is 2.70. The van der Waals surface area contributed by atoms with Crippen LogP contribution in [0.5, 0.6) is 17.2 Å². The number of nitrogens with zero attached hydrogens (tertiary/aromatic N) is 2. The number of benzene rings is 1. The minimum atomic E-state index is -0.445. The molecule has 1 aliphatic heterocycles. The molecule has 164 valence electrons. The van der Waals surface area contributed by atoms with E-state index in [2.05, 4.69) is 22.1 Å². The second kappa shape index (κ2) is 9.59. The summed E-state index contributed by atoms with van der Waals surface area (Å²) in [4.78, 5) is 27.3. The number of ether oxygens (including phenoxy) is 2. The van der Waals surface area contributed by atoms with Gasteiger partial charge in [0.2, 0.25) is 0 Å². The molecule has 0 unspecified atom stereocenters. The Hall–Kier alpha value is -3.42. The van der Waals surface area contributed by atoms with Gasteiger partial charge in [0.25, 0.3) is 5.56 Å². The molecule has 8 heteroatoms. The van der Waals surface area contributed by atoms with Gasteiger partial charge in [-0.05, 0) is 31.9 Å². The minimum Gasteiger partial charge on any atom is -0.506 e. The molecule has 0 radical (unpaired) electrons. The average Bonchev–Trinajstić information content (AvgIpc) is 3.18. The lowest BCUT2D eigenvalue weighted by Gasteiger charge is -2.19. The van der Waals surface area contributed by atoms with Crippen molar-refractivity contribution < 1.29 is 19.4 Å². The van der Waals surface area contributed by atoms with E-state index in [1.54, 1.807) is 18.2 Å². The van der Waals surface area contributed by atoms with Crippen LogP contribution < -0.4 is 15.0 Å². The molecule has 2 heterocycles. The number of aromatic amines is 1. The number of aromatic nitrogens is 1. The first kappa shape index (κ1) is 22.3. The summed E-state index contributed by atoms with van der Waals surface area (Å²) >= 11 is 0. The first-order valence-electron chi connectivity index (χ1n) is 10.2. The van der Waals surface area contributed by atoms with Gasteiger partial charge in [0.1, 0.15) is 28.6 Å². The van der Waals surface area contributed by atoms with Crippen LogP contribution in [0.3, 0.4) is 0 Å². The van der Waals surface area contributed by atoms with E-state index < -0.39 is 5.56 Å². The molecule has 0 spiro atoms. The number of H-pyrrole nitrogens is 1. The van der Waals surface area contributed by atoms with Gasteiger partial charge in [-0.3, -0.25) is 9.59 Å². The zero-order valence-electron chi connectivity index (χ0n) is 18.2. The predicted octanol–water partition coefficient (Wildman–Crippen LogP) is 3.64. The van der Waals surface area contributed by atoms with E-state index in [4.69, 9.17) is 9.47 Å². The molecule has 3 rings (SSSR count). The number of hydrogen-bond acceptors (Lipinski definition) is 7. The summed E-state index contributed by atoms with van der Waals surface area (Å²) in [5.74, 6) is 0.776. The number of carbonyl (C=O) groups excluding carboxylic acids is 1. The summed E-state index contributed by atoms with van der Waals surface area (Å²) in [5.41, 5.74) is 2.08. The van der Waals surface area contributed by atoms with E-state index in [9.17, 15) is 14.7 Å². The molecule has 1 aliphatic rings. The molecular weight excluding hydrogens is 398 g/mol. The Morgan fingerprint density at radius 3 is 2.39 bits per heavy atom. The zero-order valence-corrected chi connectivity index (χ0v) is 18.2. The number of carbonyl (C=O) groups is 1. The van der Waals surface area contributed by atoms with Crippen molar-refractivity contribution >= 4 is 17.2 Å². The fraction of sp³-hybridized carbons (Fsp3) is 0.391. The van der Waals surface area contributed by atoms with Crippen molar-refractivity contribution in [1.29, 1.82) is 0 Å². The van der Waals surface area contributed by atoms with Crippen LogP contribution >= 0.6 is 0 Å². The second-order valence-corrected chi connectivity index (χ2v) is 7.44. The van der Waals surface area contributed by atoms with E-state index >= 15 is 0 Å². The topological polar surface area (TPSA) is 113 Å². The van der Waals surface area contributed by atoms with Gasteiger partial charge in [-0.2, -0.15) is 10.2 Å². The molecule has 0 saturated heterocycles. The number of ketones is 1. The molecule has 0 fully saturated rings. The first-order chi connectivity index (χ1) is 14.9. The quantitative estimate of drug-likeness (QED) is 0.637. The number of nitrogens with one attached hydrogen (secondary N) is 1. The lowest BCUT2D eigenvalue weighted by Crippen LogP contribution is -2.22. The number of aryl methyl sites for hydroxylation is 1. The lowest BCUT2D eigenvalue weighted by atomic mass is 9.93. The average molecular weight is 425 g/mol. The number of pyridine rings is 1. The van der Waals surface area contributed by atoms with Crippen LogP contribution in [-0.2, 0) is 11.2 Å². The highest BCUT2D eigenvalue weighted by Gasteiger charge is 2.28. The third kappa shape index (κ3) is 4.52. The Labute approximate surface area is 180 Å². The normalized spacial score (nSPS) is 13.0. The van der Waals surface area contributed by atoms with Crippen molar-refractivity contribution in [3.05, 3.63) is 39.8 Å².